The molecule has 0 bridgehead atoms. The van der Waals surface area contributed by atoms with Crippen molar-refractivity contribution >= 4 is 6.09 Å². The predicted molar refractivity (Wildman–Crippen MR) is 89.5 cm³/mol. The number of ether oxygens (including phenoxy) is 2. The largest absolute Gasteiger partial charge is 0.478 e. The van der Waals surface area contributed by atoms with E-state index in [0.717, 1.165) is 32.2 Å². The van der Waals surface area contributed by atoms with Crippen LogP contribution in [0.2, 0.25) is 0 Å². The van der Waals surface area contributed by atoms with Crippen molar-refractivity contribution in [1.29, 1.82) is 0 Å². The molecule has 5 nitrogen and oxygen atoms in total. The van der Waals surface area contributed by atoms with E-state index in [1.165, 1.54) is 6.42 Å². The van der Waals surface area contributed by atoms with E-state index in [1.54, 1.807) is 6.20 Å². The number of piperidine rings is 1. The summed E-state index contributed by atoms with van der Waals surface area (Å²) in [4.78, 5) is 18.4. The molecular weight excluding hydrogens is 292 g/mol. The highest BCUT2D eigenvalue weighted by atomic mass is 16.6. The van der Waals surface area contributed by atoms with Crippen LogP contribution in [-0.2, 0) is 4.74 Å². The number of carbonyl (C=O) groups is 1. The van der Waals surface area contributed by atoms with Gasteiger partial charge in [-0.3, -0.25) is 0 Å². The second-order valence-corrected chi connectivity index (χ2v) is 6.98. The molecule has 1 amide bonds. The summed E-state index contributed by atoms with van der Waals surface area (Å²) in [7, 11) is 0. The molecule has 1 unspecified atom stereocenters. The van der Waals surface area contributed by atoms with Crippen LogP contribution in [0.3, 0.4) is 0 Å². The molecule has 0 aliphatic carbocycles. The lowest BCUT2D eigenvalue weighted by atomic mass is 9.98. The first kappa shape index (κ1) is 17.6. The van der Waals surface area contributed by atoms with Gasteiger partial charge in [-0.05, 0) is 58.9 Å². The van der Waals surface area contributed by atoms with Crippen molar-refractivity contribution in [3.8, 4) is 5.88 Å². The van der Waals surface area contributed by atoms with E-state index in [-0.39, 0.29) is 12.1 Å². The molecule has 128 valence electrons. The number of hydrogen-bond donors (Lipinski definition) is 0. The Morgan fingerprint density at radius 3 is 2.87 bits per heavy atom. The topological polar surface area (TPSA) is 51.7 Å². The lowest BCUT2D eigenvalue weighted by Gasteiger charge is -2.36. The summed E-state index contributed by atoms with van der Waals surface area (Å²) in [5.74, 6) is 0.653. The van der Waals surface area contributed by atoms with Crippen LogP contribution >= 0.6 is 0 Å². The normalized spacial score (nSPS) is 18.6. The summed E-state index contributed by atoms with van der Waals surface area (Å²) in [5.41, 5.74) is -0.443. The van der Waals surface area contributed by atoms with Gasteiger partial charge < -0.3 is 14.4 Å². The number of likely N-dealkylation sites (tertiary alicyclic amines) is 1. The molecule has 1 atom stereocenters. The maximum absolute atomic E-state index is 12.3. The van der Waals surface area contributed by atoms with Crippen molar-refractivity contribution < 1.29 is 14.3 Å². The van der Waals surface area contributed by atoms with E-state index in [0.29, 0.717) is 12.5 Å². The highest BCUT2D eigenvalue weighted by molar-refractivity contribution is 5.68. The van der Waals surface area contributed by atoms with E-state index in [2.05, 4.69) is 4.98 Å². The molecular formula is C18H28N2O3. The lowest BCUT2D eigenvalue weighted by Crippen LogP contribution is -2.46. The molecule has 0 spiro atoms. The van der Waals surface area contributed by atoms with Gasteiger partial charge in [0.15, 0.2) is 0 Å². The summed E-state index contributed by atoms with van der Waals surface area (Å²) >= 11 is 0. The summed E-state index contributed by atoms with van der Waals surface area (Å²) in [6.45, 7) is 7.13. The summed E-state index contributed by atoms with van der Waals surface area (Å²) in [6, 6.07) is 5.89. The number of nitrogens with zero attached hydrogens (tertiary/aromatic N) is 2. The van der Waals surface area contributed by atoms with Crippen molar-refractivity contribution in [3.63, 3.8) is 0 Å². The zero-order valence-electron chi connectivity index (χ0n) is 14.5. The van der Waals surface area contributed by atoms with Crippen molar-refractivity contribution in [2.45, 2.75) is 64.5 Å². The number of carbonyl (C=O) groups excluding carboxylic acids is 1. The molecule has 2 heterocycles. The SMILES string of the molecule is CC(C)(C)OC(=O)N1CCCCC1CCCOc1ccccn1. The van der Waals surface area contributed by atoms with E-state index >= 15 is 0 Å². The van der Waals surface area contributed by atoms with E-state index < -0.39 is 5.60 Å². The number of rotatable bonds is 5. The number of pyridine rings is 1. The molecule has 1 fully saturated rings. The van der Waals surface area contributed by atoms with Crippen LogP contribution in [0.5, 0.6) is 5.88 Å². The number of amides is 1. The van der Waals surface area contributed by atoms with Gasteiger partial charge in [-0.15, -0.1) is 0 Å². The molecule has 1 aromatic rings. The Labute approximate surface area is 139 Å². The van der Waals surface area contributed by atoms with Crippen LogP contribution in [0.1, 0.15) is 52.9 Å². The smallest absolute Gasteiger partial charge is 0.410 e. The minimum atomic E-state index is -0.443. The van der Waals surface area contributed by atoms with Crippen LogP contribution in [0, 0.1) is 0 Å². The lowest BCUT2D eigenvalue weighted by molar-refractivity contribution is 0.00822. The Morgan fingerprint density at radius 1 is 1.35 bits per heavy atom. The average Bonchev–Trinajstić information content (AvgIpc) is 2.51. The molecule has 1 aliphatic heterocycles. The Morgan fingerprint density at radius 2 is 2.17 bits per heavy atom. The maximum atomic E-state index is 12.3. The van der Waals surface area contributed by atoms with E-state index in [1.807, 2.05) is 43.9 Å². The summed E-state index contributed by atoms with van der Waals surface area (Å²) < 4.78 is 11.2. The second kappa shape index (κ2) is 8.18. The standard InChI is InChI=1S/C18H28N2O3/c1-18(2,3)23-17(21)20-13-7-5-9-15(20)10-8-14-22-16-11-4-6-12-19-16/h4,6,11-12,15H,5,7-10,13-14H2,1-3H3. The molecule has 0 aromatic carbocycles. The zero-order chi connectivity index (χ0) is 16.7. The molecule has 23 heavy (non-hydrogen) atoms. The third-order valence-corrected chi connectivity index (χ3v) is 3.82. The Bertz CT molecular complexity index is 485. The minimum Gasteiger partial charge on any atom is -0.478 e. The fourth-order valence-corrected chi connectivity index (χ4v) is 2.79. The van der Waals surface area contributed by atoms with Crippen molar-refractivity contribution in [1.82, 2.24) is 9.88 Å². The first-order valence-electron chi connectivity index (χ1n) is 8.49. The monoisotopic (exact) mass is 320 g/mol. The molecule has 1 saturated heterocycles. The van der Waals surface area contributed by atoms with Crippen LogP contribution < -0.4 is 4.74 Å². The van der Waals surface area contributed by atoms with Crippen LogP contribution in [0.25, 0.3) is 0 Å². The number of hydrogen-bond acceptors (Lipinski definition) is 4. The molecule has 2 rings (SSSR count). The van der Waals surface area contributed by atoms with Gasteiger partial charge in [0.05, 0.1) is 6.61 Å². The molecule has 0 radical (unpaired) electrons. The van der Waals surface area contributed by atoms with Gasteiger partial charge in [0.25, 0.3) is 0 Å². The number of aromatic nitrogens is 1. The van der Waals surface area contributed by atoms with Gasteiger partial charge in [-0.25, -0.2) is 9.78 Å². The van der Waals surface area contributed by atoms with Gasteiger partial charge in [-0.2, -0.15) is 0 Å². The fraction of sp³-hybridized carbons (Fsp3) is 0.667. The predicted octanol–water partition coefficient (Wildman–Crippen LogP) is 4.03. The highest BCUT2D eigenvalue weighted by Gasteiger charge is 2.29. The minimum absolute atomic E-state index is 0.187. The third-order valence-electron chi connectivity index (χ3n) is 3.82. The highest BCUT2D eigenvalue weighted by Crippen LogP contribution is 2.23. The molecule has 5 heteroatoms. The van der Waals surface area contributed by atoms with Gasteiger partial charge >= 0.3 is 6.09 Å². The van der Waals surface area contributed by atoms with E-state index in [4.69, 9.17) is 9.47 Å². The Hall–Kier alpha value is -1.78. The average molecular weight is 320 g/mol. The Kier molecular flexibility index (Phi) is 6.25. The van der Waals surface area contributed by atoms with E-state index in [9.17, 15) is 4.79 Å². The van der Waals surface area contributed by atoms with Crippen LogP contribution in [-0.4, -0.2) is 40.8 Å². The quantitative estimate of drug-likeness (QED) is 0.769. The summed E-state index contributed by atoms with van der Waals surface area (Å²) in [6.07, 6.45) is 6.65. The summed E-state index contributed by atoms with van der Waals surface area (Å²) in [5, 5.41) is 0. The zero-order valence-corrected chi connectivity index (χ0v) is 14.5. The Balaban J connectivity index is 1.78. The molecule has 0 saturated carbocycles. The van der Waals surface area contributed by atoms with Gasteiger partial charge in [-0.1, -0.05) is 6.07 Å². The first-order valence-corrected chi connectivity index (χ1v) is 8.49. The van der Waals surface area contributed by atoms with Gasteiger partial charge in [0.1, 0.15) is 5.60 Å². The van der Waals surface area contributed by atoms with Crippen LogP contribution in [0.4, 0.5) is 4.79 Å². The fourth-order valence-electron chi connectivity index (χ4n) is 2.79. The third kappa shape index (κ3) is 6.08. The molecule has 0 N–H and O–H groups in total. The van der Waals surface area contributed by atoms with Crippen LogP contribution in [0.15, 0.2) is 24.4 Å². The van der Waals surface area contributed by atoms with Gasteiger partial charge in [0, 0.05) is 24.8 Å². The first-order chi connectivity index (χ1) is 11.0. The molecule has 1 aromatic heterocycles. The molecule has 1 aliphatic rings. The van der Waals surface area contributed by atoms with Crippen molar-refractivity contribution in [2.24, 2.45) is 0 Å². The van der Waals surface area contributed by atoms with Crippen molar-refractivity contribution in [2.75, 3.05) is 13.2 Å². The van der Waals surface area contributed by atoms with Crippen molar-refractivity contribution in [3.05, 3.63) is 24.4 Å². The maximum Gasteiger partial charge on any atom is 0.410 e. The second-order valence-electron chi connectivity index (χ2n) is 6.98. The van der Waals surface area contributed by atoms with Gasteiger partial charge in [0.2, 0.25) is 5.88 Å².